The summed E-state index contributed by atoms with van der Waals surface area (Å²) in [6.07, 6.45) is 3.01. The maximum Gasteiger partial charge on any atom is 0.240 e. The minimum Gasteiger partial charge on any atom is -0.466 e. The molecule has 2 N–H and O–H groups in total. The summed E-state index contributed by atoms with van der Waals surface area (Å²) in [4.78, 5) is 14.6. The van der Waals surface area contributed by atoms with E-state index in [4.69, 9.17) is 4.42 Å². The van der Waals surface area contributed by atoms with Crippen molar-refractivity contribution in [3.05, 3.63) is 69.8 Å². The first kappa shape index (κ1) is 19.5. The lowest BCUT2D eigenvalue weighted by molar-refractivity contribution is -0.118. The number of carbonyl (C=O) groups is 1. The number of hydrogen-bond donors (Lipinski definition) is 2. The van der Waals surface area contributed by atoms with Gasteiger partial charge in [-0.3, -0.25) is 4.79 Å². The highest BCUT2D eigenvalue weighted by molar-refractivity contribution is 7.89. The zero-order valence-electron chi connectivity index (χ0n) is 16.0. The normalized spacial score (nSPS) is 17.8. The van der Waals surface area contributed by atoms with Gasteiger partial charge in [0.1, 0.15) is 5.76 Å². The molecular weight excluding hydrogens is 424 g/mol. The molecule has 30 heavy (non-hydrogen) atoms. The summed E-state index contributed by atoms with van der Waals surface area (Å²) >= 11 is 1.32. The van der Waals surface area contributed by atoms with E-state index in [1.807, 2.05) is 5.38 Å². The third-order valence-electron chi connectivity index (χ3n) is 5.71. The van der Waals surface area contributed by atoms with Gasteiger partial charge in [-0.1, -0.05) is 6.07 Å². The number of sulfonamides is 1. The summed E-state index contributed by atoms with van der Waals surface area (Å²) in [5.74, 6) is 0.361. The maximum absolute atomic E-state index is 13.1. The molecule has 7 nitrogen and oxygen atoms in total. The Morgan fingerprint density at radius 3 is 2.67 bits per heavy atom. The zero-order valence-corrected chi connectivity index (χ0v) is 17.6. The zero-order chi connectivity index (χ0) is 20.9. The van der Waals surface area contributed by atoms with E-state index in [0.717, 1.165) is 16.8 Å². The van der Waals surface area contributed by atoms with Crippen molar-refractivity contribution >= 4 is 33.0 Å². The number of nitrogens with one attached hydrogen (secondary N) is 1. The topological polar surface area (TPSA) is 99.8 Å². The summed E-state index contributed by atoms with van der Waals surface area (Å²) in [5, 5.41) is 13.1. The molecule has 5 rings (SSSR count). The lowest BCUT2D eigenvalue weighted by Crippen LogP contribution is -2.41. The fourth-order valence-corrected chi connectivity index (χ4v) is 6.18. The first-order valence-corrected chi connectivity index (χ1v) is 12.0. The first-order valence-electron chi connectivity index (χ1n) is 9.65. The highest BCUT2D eigenvalue weighted by Gasteiger charge is 2.38. The largest absolute Gasteiger partial charge is 0.466 e. The standard InChI is InChI=1S/C21H20N2O5S2/c24-19-6-5-14-11-16(12-15-7-8-23(19)20(14)15)30(26,27)22-13-21(25,17-3-1-9-28-17)18-4-2-10-29-18/h1-4,9-12,22,25H,5-8,13H2/t21-/m1/s1. The molecule has 156 valence electrons. The van der Waals surface area contributed by atoms with Crippen LogP contribution < -0.4 is 9.62 Å². The third-order valence-corrected chi connectivity index (χ3v) is 8.11. The Morgan fingerprint density at radius 1 is 1.17 bits per heavy atom. The van der Waals surface area contributed by atoms with Gasteiger partial charge in [0.25, 0.3) is 0 Å². The van der Waals surface area contributed by atoms with Crippen LogP contribution in [0.4, 0.5) is 5.69 Å². The number of nitrogens with zero attached hydrogens (tertiary/aromatic N) is 1. The van der Waals surface area contributed by atoms with Crippen LogP contribution in [0.3, 0.4) is 0 Å². The van der Waals surface area contributed by atoms with Crippen LogP contribution in [0, 0.1) is 0 Å². The summed E-state index contributed by atoms with van der Waals surface area (Å²) < 4.78 is 34.2. The number of anilines is 1. The first-order chi connectivity index (χ1) is 14.4. The number of aliphatic hydroxyl groups is 1. The lowest BCUT2D eigenvalue weighted by Gasteiger charge is -2.27. The van der Waals surface area contributed by atoms with Crippen LogP contribution in [-0.2, 0) is 33.3 Å². The van der Waals surface area contributed by atoms with E-state index in [9.17, 15) is 18.3 Å². The Morgan fingerprint density at radius 2 is 1.97 bits per heavy atom. The van der Waals surface area contributed by atoms with Crippen molar-refractivity contribution in [2.75, 3.05) is 18.0 Å². The van der Waals surface area contributed by atoms with Gasteiger partial charge in [0.05, 0.1) is 23.4 Å². The summed E-state index contributed by atoms with van der Waals surface area (Å²) in [5.41, 5.74) is 1.01. The molecule has 1 aromatic carbocycles. The van der Waals surface area contributed by atoms with Crippen molar-refractivity contribution in [3.63, 3.8) is 0 Å². The molecule has 0 bridgehead atoms. The van der Waals surface area contributed by atoms with Gasteiger partial charge >= 0.3 is 0 Å². The number of thiophene rings is 1. The minimum absolute atomic E-state index is 0.0921. The Kier molecular flexibility index (Phi) is 4.59. The lowest BCUT2D eigenvalue weighted by atomic mass is 9.99. The smallest absolute Gasteiger partial charge is 0.240 e. The average Bonchev–Trinajstić information content (AvgIpc) is 3.50. The molecule has 3 aromatic rings. The summed E-state index contributed by atoms with van der Waals surface area (Å²) in [7, 11) is -3.89. The monoisotopic (exact) mass is 444 g/mol. The summed E-state index contributed by atoms with van der Waals surface area (Å²) in [6, 6.07) is 10.1. The molecule has 1 amide bonds. The molecule has 0 saturated carbocycles. The van der Waals surface area contributed by atoms with Gasteiger partial charge in [0.15, 0.2) is 5.60 Å². The van der Waals surface area contributed by atoms with Crippen LogP contribution in [0.15, 0.2) is 57.4 Å². The van der Waals surface area contributed by atoms with Crippen LogP contribution in [0.2, 0.25) is 0 Å². The Balaban J connectivity index is 1.46. The van der Waals surface area contributed by atoms with Crippen LogP contribution in [0.25, 0.3) is 0 Å². The third kappa shape index (κ3) is 3.09. The second kappa shape index (κ2) is 7.05. The molecule has 0 saturated heterocycles. The fraction of sp³-hybridized carbons (Fsp3) is 0.286. The van der Waals surface area contributed by atoms with Gasteiger partial charge in [-0.25, -0.2) is 13.1 Å². The fourth-order valence-electron chi connectivity index (χ4n) is 4.19. The van der Waals surface area contributed by atoms with E-state index < -0.39 is 15.6 Å². The number of carbonyl (C=O) groups excluding carboxylic acids is 1. The van der Waals surface area contributed by atoms with Crippen LogP contribution in [0.1, 0.15) is 28.2 Å². The molecule has 9 heteroatoms. The van der Waals surface area contributed by atoms with Gasteiger partial charge < -0.3 is 14.4 Å². The quantitative estimate of drug-likeness (QED) is 0.608. The molecule has 2 aliphatic rings. The van der Waals surface area contributed by atoms with Gasteiger partial charge in [-0.2, -0.15) is 0 Å². The molecule has 2 aromatic heterocycles. The number of rotatable bonds is 6. The molecule has 0 radical (unpaired) electrons. The van der Waals surface area contributed by atoms with Gasteiger partial charge in [0.2, 0.25) is 15.9 Å². The van der Waals surface area contributed by atoms with Gasteiger partial charge in [0, 0.05) is 17.8 Å². The van der Waals surface area contributed by atoms with Crippen molar-refractivity contribution in [1.82, 2.24) is 4.72 Å². The second-order valence-electron chi connectivity index (χ2n) is 7.52. The molecule has 1 atom stereocenters. The number of amides is 1. The van der Waals surface area contributed by atoms with Gasteiger partial charge in [-0.05, 0) is 59.7 Å². The molecule has 0 aliphatic carbocycles. The number of benzene rings is 1. The molecular formula is C21H20N2O5S2. The number of hydrogen-bond acceptors (Lipinski definition) is 6. The maximum atomic E-state index is 13.1. The van der Waals surface area contributed by atoms with E-state index in [0.29, 0.717) is 30.7 Å². The Hall–Kier alpha value is -2.46. The van der Waals surface area contributed by atoms with Gasteiger partial charge in [-0.15, -0.1) is 11.3 Å². The van der Waals surface area contributed by atoms with Crippen molar-refractivity contribution in [1.29, 1.82) is 0 Å². The van der Waals surface area contributed by atoms with Crippen LogP contribution in [0.5, 0.6) is 0 Å². The average molecular weight is 445 g/mol. The molecule has 2 aliphatic heterocycles. The van der Waals surface area contributed by atoms with Crippen LogP contribution >= 0.6 is 11.3 Å². The highest BCUT2D eigenvalue weighted by Crippen LogP contribution is 2.39. The van der Waals surface area contributed by atoms with Crippen molar-refractivity contribution in [2.45, 2.75) is 29.8 Å². The predicted octanol–water partition coefficient (Wildman–Crippen LogP) is 2.39. The molecule has 0 spiro atoms. The molecule has 0 unspecified atom stereocenters. The molecule has 4 heterocycles. The number of furan rings is 1. The Bertz CT molecular complexity index is 1170. The Labute approximate surface area is 178 Å². The van der Waals surface area contributed by atoms with E-state index in [1.165, 1.54) is 17.6 Å². The second-order valence-corrected chi connectivity index (χ2v) is 10.2. The van der Waals surface area contributed by atoms with E-state index >= 15 is 0 Å². The van der Waals surface area contributed by atoms with E-state index in [2.05, 4.69) is 4.72 Å². The van der Waals surface area contributed by atoms with Crippen molar-refractivity contribution < 1.29 is 22.7 Å². The highest BCUT2D eigenvalue weighted by atomic mass is 32.2. The van der Waals surface area contributed by atoms with E-state index in [-0.39, 0.29) is 23.1 Å². The minimum atomic E-state index is -3.89. The number of aryl methyl sites for hydroxylation is 1. The molecule has 0 fully saturated rings. The van der Waals surface area contributed by atoms with E-state index in [1.54, 1.807) is 41.3 Å². The summed E-state index contributed by atoms with van der Waals surface area (Å²) in [6.45, 7) is 0.328. The van der Waals surface area contributed by atoms with Crippen molar-refractivity contribution in [3.8, 4) is 0 Å². The van der Waals surface area contributed by atoms with Crippen molar-refractivity contribution in [2.24, 2.45) is 0 Å². The predicted molar refractivity (Wildman–Crippen MR) is 112 cm³/mol. The SMILES string of the molecule is O=C1CCc2cc(S(=O)(=O)NC[C@@](O)(c3ccco3)c3cccs3)cc3c2N1CC3. The van der Waals surface area contributed by atoms with Crippen LogP contribution in [-0.4, -0.2) is 32.5 Å².